The summed E-state index contributed by atoms with van der Waals surface area (Å²) < 4.78 is 0. The smallest absolute Gasteiger partial charge is 0.0450 e. The summed E-state index contributed by atoms with van der Waals surface area (Å²) in [6, 6.07) is 12.0. The minimum Gasteiger partial charge on any atom is -0.307 e. The third-order valence-electron chi connectivity index (χ3n) is 5.03. The van der Waals surface area contributed by atoms with Crippen molar-refractivity contribution in [3.05, 3.63) is 35.9 Å². The molecule has 1 aliphatic heterocycles. The van der Waals surface area contributed by atoms with Crippen LogP contribution in [0.25, 0.3) is 0 Å². The largest absolute Gasteiger partial charge is 0.307 e. The second-order valence-electron chi connectivity index (χ2n) is 6.52. The van der Waals surface area contributed by atoms with Gasteiger partial charge in [0.25, 0.3) is 0 Å². The zero-order valence-corrected chi connectivity index (χ0v) is 12.2. The van der Waals surface area contributed by atoms with Gasteiger partial charge in [0, 0.05) is 30.7 Å². The summed E-state index contributed by atoms with van der Waals surface area (Å²) in [4.78, 5) is 2.77. The van der Waals surface area contributed by atoms with Gasteiger partial charge in [-0.3, -0.25) is 4.90 Å². The molecule has 1 heterocycles. The monoisotopic (exact) mass is 258 g/mol. The SMILES string of the molecule is CC(C)N1CC(c2ccccc2)NCC12CCCC2. The third-order valence-corrected chi connectivity index (χ3v) is 5.03. The van der Waals surface area contributed by atoms with Crippen LogP contribution in [0.15, 0.2) is 30.3 Å². The van der Waals surface area contributed by atoms with E-state index in [1.807, 2.05) is 0 Å². The van der Waals surface area contributed by atoms with E-state index in [0.29, 0.717) is 17.6 Å². The molecule has 1 unspecified atom stereocenters. The zero-order valence-electron chi connectivity index (χ0n) is 12.2. The Morgan fingerprint density at radius 1 is 1.16 bits per heavy atom. The standard InChI is InChI=1S/C17H26N2/c1-14(2)19-12-16(15-8-4-3-5-9-15)18-13-17(19)10-6-7-11-17/h3-5,8-9,14,16,18H,6-7,10-13H2,1-2H3. The summed E-state index contributed by atoms with van der Waals surface area (Å²) in [7, 11) is 0. The summed E-state index contributed by atoms with van der Waals surface area (Å²) in [6.07, 6.45) is 5.56. The first-order valence-electron chi connectivity index (χ1n) is 7.76. The molecule has 1 N–H and O–H groups in total. The lowest BCUT2D eigenvalue weighted by Gasteiger charge is -2.50. The molecule has 3 rings (SSSR count). The Morgan fingerprint density at radius 3 is 2.47 bits per heavy atom. The van der Waals surface area contributed by atoms with E-state index >= 15 is 0 Å². The van der Waals surface area contributed by atoms with E-state index in [9.17, 15) is 0 Å². The number of nitrogens with zero attached hydrogens (tertiary/aromatic N) is 1. The van der Waals surface area contributed by atoms with Crippen molar-refractivity contribution in [2.75, 3.05) is 13.1 Å². The van der Waals surface area contributed by atoms with Crippen molar-refractivity contribution >= 4 is 0 Å². The van der Waals surface area contributed by atoms with Crippen molar-refractivity contribution in [1.82, 2.24) is 10.2 Å². The molecule has 2 nitrogen and oxygen atoms in total. The quantitative estimate of drug-likeness (QED) is 0.875. The summed E-state index contributed by atoms with van der Waals surface area (Å²) in [6.45, 7) is 7.02. The van der Waals surface area contributed by atoms with E-state index in [-0.39, 0.29) is 0 Å². The van der Waals surface area contributed by atoms with Crippen LogP contribution in [0.5, 0.6) is 0 Å². The van der Waals surface area contributed by atoms with Gasteiger partial charge >= 0.3 is 0 Å². The number of hydrogen-bond acceptors (Lipinski definition) is 2. The number of hydrogen-bond donors (Lipinski definition) is 1. The van der Waals surface area contributed by atoms with Crippen LogP contribution in [0.3, 0.4) is 0 Å². The lowest BCUT2D eigenvalue weighted by molar-refractivity contribution is 0.0162. The van der Waals surface area contributed by atoms with Gasteiger partial charge in [-0.05, 0) is 32.3 Å². The summed E-state index contributed by atoms with van der Waals surface area (Å²) in [5.74, 6) is 0. The number of piperazine rings is 1. The third kappa shape index (κ3) is 2.44. The summed E-state index contributed by atoms with van der Waals surface area (Å²) >= 11 is 0. The molecule has 2 heteroatoms. The van der Waals surface area contributed by atoms with Crippen LogP contribution in [0, 0.1) is 0 Å². The fourth-order valence-corrected chi connectivity index (χ4v) is 4.03. The van der Waals surface area contributed by atoms with Crippen LogP contribution in [0.4, 0.5) is 0 Å². The molecular weight excluding hydrogens is 232 g/mol. The predicted molar refractivity (Wildman–Crippen MR) is 80.2 cm³/mol. The average molecular weight is 258 g/mol. The van der Waals surface area contributed by atoms with E-state index in [2.05, 4.69) is 54.4 Å². The first-order chi connectivity index (χ1) is 9.21. The lowest BCUT2D eigenvalue weighted by atomic mass is 9.88. The molecule has 1 saturated carbocycles. The second kappa shape index (κ2) is 5.26. The van der Waals surface area contributed by atoms with Crippen LogP contribution in [0.2, 0.25) is 0 Å². The molecule has 0 radical (unpaired) electrons. The minimum atomic E-state index is 0.444. The van der Waals surface area contributed by atoms with Crippen molar-refractivity contribution in [3.63, 3.8) is 0 Å². The summed E-state index contributed by atoms with van der Waals surface area (Å²) in [5, 5.41) is 3.81. The fraction of sp³-hybridized carbons (Fsp3) is 0.647. The Morgan fingerprint density at radius 2 is 1.84 bits per heavy atom. The molecule has 1 aromatic rings. The van der Waals surface area contributed by atoms with E-state index in [1.165, 1.54) is 31.2 Å². The van der Waals surface area contributed by atoms with Crippen LogP contribution < -0.4 is 5.32 Å². The van der Waals surface area contributed by atoms with Gasteiger partial charge in [0.05, 0.1) is 0 Å². The van der Waals surface area contributed by atoms with Gasteiger partial charge in [-0.2, -0.15) is 0 Å². The van der Waals surface area contributed by atoms with Crippen molar-refractivity contribution < 1.29 is 0 Å². The van der Waals surface area contributed by atoms with Crippen molar-refractivity contribution in [1.29, 1.82) is 0 Å². The first kappa shape index (κ1) is 13.1. The van der Waals surface area contributed by atoms with Crippen LogP contribution >= 0.6 is 0 Å². The van der Waals surface area contributed by atoms with Gasteiger partial charge in [-0.1, -0.05) is 43.2 Å². The van der Waals surface area contributed by atoms with Crippen LogP contribution in [-0.2, 0) is 0 Å². The Labute approximate surface area is 117 Å². The molecule has 19 heavy (non-hydrogen) atoms. The van der Waals surface area contributed by atoms with E-state index < -0.39 is 0 Å². The Bertz CT molecular complexity index is 407. The molecule has 1 aliphatic carbocycles. The van der Waals surface area contributed by atoms with Gasteiger partial charge in [0.1, 0.15) is 0 Å². The number of benzene rings is 1. The molecule has 1 saturated heterocycles. The van der Waals surface area contributed by atoms with E-state index in [1.54, 1.807) is 0 Å². The number of nitrogens with one attached hydrogen (secondary N) is 1. The van der Waals surface area contributed by atoms with E-state index in [0.717, 1.165) is 13.1 Å². The molecule has 0 amide bonds. The van der Waals surface area contributed by atoms with Crippen LogP contribution in [-0.4, -0.2) is 29.6 Å². The van der Waals surface area contributed by atoms with Crippen molar-refractivity contribution in [2.24, 2.45) is 0 Å². The molecule has 1 aromatic carbocycles. The molecule has 2 fully saturated rings. The van der Waals surface area contributed by atoms with Gasteiger partial charge in [0.15, 0.2) is 0 Å². The van der Waals surface area contributed by atoms with Crippen LogP contribution in [0.1, 0.15) is 51.1 Å². The molecular formula is C17H26N2. The van der Waals surface area contributed by atoms with Crippen molar-refractivity contribution in [2.45, 2.75) is 57.2 Å². The topological polar surface area (TPSA) is 15.3 Å². The maximum atomic E-state index is 3.81. The van der Waals surface area contributed by atoms with E-state index in [4.69, 9.17) is 0 Å². The molecule has 1 spiro atoms. The Hall–Kier alpha value is -0.860. The normalized spacial score (nSPS) is 27.2. The highest BCUT2D eigenvalue weighted by molar-refractivity contribution is 5.21. The minimum absolute atomic E-state index is 0.444. The fourth-order valence-electron chi connectivity index (χ4n) is 4.03. The number of rotatable bonds is 2. The summed E-state index contributed by atoms with van der Waals surface area (Å²) in [5.41, 5.74) is 1.88. The van der Waals surface area contributed by atoms with Gasteiger partial charge in [0.2, 0.25) is 0 Å². The Kier molecular flexibility index (Phi) is 3.64. The van der Waals surface area contributed by atoms with Gasteiger partial charge < -0.3 is 5.32 Å². The average Bonchev–Trinajstić information content (AvgIpc) is 2.89. The zero-order chi connectivity index (χ0) is 13.3. The second-order valence-corrected chi connectivity index (χ2v) is 6.52. The molecule has 0 bridgehead atoms. The van der Waals surface area contributed by atoms with Gasteiger partial charge in [-0.15, -0.1) is 0 Å². The lowest BCUT2D eigenvalue weighted by Crippen LogP contribution is -2.62. The highest BCUT2D eigenvalue weighted by Gasteiger charge is 2.44. The van der Waals surface area contributed by atoms with Crippen molar-refractivity contribution in [3.8, 4) is 0 Å². The molecule has 1 atom stereocenters. The first-order valence-corrected chi connectivity index (χ1v) is 7.76. The highest BCUT2D eigenvalue weighted by Crippen LogP contribution is 2.39. The molecule has 2 aliphatic rings. The predicted octanol–water partition coefficient (Wildman–Crippen LogP) is 3.35. The maximum absolute atomic E-state index is 3.81. The molecule has 0 aromatic heterocycles. The molecule has 104 valence electrons. The van der Waals surface area contributed by atoms with Gasteiger partial charge in [-0.25, -0.2) is 0 Å². The maximum Gasteiger partial charge on any atom is 0.0450 e. The Balaban J connectivity index is 1.80. The highest BCUT2D eigenvalue weighted by atomic mass is 15.3.